The fourth-order valence-corrected chi connectivity index (χ4v) is 2.98. The zero-order valence-electron chi connectivity index (χ0n) is 14.0. The van der Waals surface area contributed by atoms with E-state index in [0.717, 1.165) is 37.2 Å². The molecule has 2 amide bonds. The number of benzene rings is 1. The molecule has 1 unspecified atom stereocenters. The number of amides is 2. The largest absolute Gasteiger partial charge is 0.382 e. The van der Waals surface area contributed by atoms with Crippen LogP contribution in [0.4, 0.5) is 4.79 Å². The second kappa shape index (κ2) is 7.97. The molecule has 3 rings (SSSR count). The van der Waals surface area contributed by atoms with Gasteiger partial charge in [0, 0.05) is 32.0 Å². The quantitative estimate of drug-likeness (QED) is 0.885. The number of nitrogens with zero attached hydrogens (tertiary/aromatic N) is 3. The Morgan fingerprint density at radius 2 is 2.00 bits per heavy atom. The van der Waals surface area contributed by atoms with Gasteiger partial charge in [-0.15, -0.1) is 0 Å². The lowest BCUT2D eigenvalue weighted by Gasteiger charge is -2.22. The highest BCUT2D eigenvalue weighted by molar-refractivity contribution is 5.74. The van der Waals surface area contributed by atoms with Crippen LogP contribution in [-0.4, -0.2) is 53.6 Å². The maximum atomic E-state index is 12.3. The van der Waals surface area contributed by atoms with Gasteiger partial charge in [0.1, 0.15) is 0 Å². The summed E-state index contributed by atoms with van der Waals surface area (Å²) >= 11 is 0. The molecule has 6 nitrogen and oxygen atoms in total. The number of urea groups is 1. The summed E-state index contributed by atoms with van der Waals surface area (Å²) < 4.78 is 7.11. The van der Waals surface area contributed by atoms with Gasteiger partial charge in [-0.2, -0.15) is 5.10 Å². The lowest BCUT2D eigenvalue weighted by atomic mass is 10.2. The van der Waals surface area contributed by atoms with Gasteiger partial charge >= 0.3 is 6.03 Å². The first-order valence-corrected chi connectivity index (χ1v) is 8.39. The molecule has 24 heavy (non-hydrogen) atoms. The molecule has 2 heterocycles. The molecule has 1 aromatic carbocycles. The van der Waals surface area contributed by atoms with Crippen molar-refractivity contribution in [3.63, 3.8) is 0 Å². The zero-order valence-corrected chi connectivity index (χ0v) is 14.0. The number of likely N-dealkylation sites (tertiary alicyclic amines) is 1. The number of carbonyl (C=O) groups excluding carboxylic acids is 1. The van der Waals surface area contributed by atoms with Crippen molar-refractivity contribution in [1.82, 2.24) is 20.0 Å². The SMILES string of the molecule is COCC(Cn1ccc(-c2ccccc2)n1)NC(=O)N1CCCC1. The van der Waals surface area contributed by atoms with E-state index in [9.17, 15) is 4.79 Å². The highest BCUT2D eigenvalue weighted by Gasteiger charge is 2.21. The third-order valence-electron chi connectivity index (χ3n) is 4.21. The van der Waals surface area contributed by atoms with Crippen molar-refractivity contribution in [3.8, 4) is 11.3 Å². The Hall–Kier alpha value is -2.34. The molecule has 0 saturated carbocycles. The lowest BCUT2D eigenvalue weighted by Crippen LogP contribution is -2.47. The summed E-state index contributed by atoms with van der Waals surface area (Å²) in [4.78, 5) is 14.1. The van der Waals surface area contributed by atoms with Crippen LogP contribution in [-0.2, 0) is 11.3 Å². The van der Waals surface area contributed by atoms with E-state index in [2.05, 4.69) is 10.4 Å². The van der Waals surface area contributed by atoms with Gasteiger partial charge in [-0.1, -0.05) is 30.3 Å². The maximum Gasteiger partial charge on any atom is 0.317 e. The van der Waals surface area contributed by atoms with E-state index in [-0.39, 0.29) is 12.1 Å². The summed E-state index contributed by atoms with van der Waals surface area (Å²) in [5.41, 5.74) is 2.01. The second-order valence-corrected chi connectivity index (χ2v) is 6.08. The Balaban J connectivity index is 1.63. The fourth-order valence-electron chi connectivity index (χ4n) is 2.98. The molecule has 6 heteroatoms. The van der Waals surface area contributed by atoms with Gasteiger partial charge in [-0.05, 0) is 18.9 Å². The number of carbonyl (C=O) groups is 1. The highest BCUT2D eigenvalue weighted by atomic mass is 16.5. The molecule has 0 aliphatic carbocycles. The smallest absolute Gasteiger partial charge is 0.317 e. The van der Waals surface area contributed by atoms with Crippen molar-refractivity contribution in [1.29, 1.82) is 0 Å². The topological polar surface area (TPSA) is 59.4 Å². The van der Waals surface area contributed by atoms with Crippen LogP contribution in [0.2, 0.25) is 0 Å². The summed E-state index contributed by atoms with van der Waals surface area (Å²) in [6.45, 7) is 2.72. The zero-order chi connectivity index (χ0) is 16.8. The molecule has 1 saturated heterocycles. The molecule has 0 bridgehead atoms. The van der Waals surface area contributed by atoms with Gasteiger partial charge in [0.15, 0.2) is 0 Å². The van der Waals surface area contributed by atoms with Crippen LogP contribution in [0.15, 0.2) is 42.6 Å². The van der Waals surface area contributed by atoms with E-state index in [1.54, 1.807) is 7.11 Å². The minimum absolute atomic E-state index is 0.00927. The maximum absolute atomic E-state index is 12.3. The lowest BCUT2D eigenvalue weighted by molar-refractivity contribution is 0.149. The van der Waals surface area contributed by atoms with Crippen LogP contribution in [0.3, 0.4) is 0 Å². The predicted octanol–water partition coefficient (Wildman–Crippen LogP) is 2.37. The van der Waals surface area contributed by atoms with Crippen LogP contribution < -0.4 is 5.32 Å². The Bertz CT molecular complexity index is 650. The van der Waals surface area contributed by atoms with E-state index >= 15 is 0 Å². The van der Waals surface area contributed by atoms with Crippen molar-refractivity contribution < 1.29 is 9.53 Å². The number of ether oxygens (including phenoxy) is 1. The first-order valence-electron chi connectivity index (χ1n) is 8.39. The molecule has 1 aliphatic heterocycles. The average Bonchev–Trinajstić information content (AvgIpc) is 3.28. The molecule has 0 spiro atoms. The van der Waals surface area contributed by atoms with Gasteiger partial charge in [0.2, 0.25) is 0 Å². The summed E-state index contributed by atoms with van der Waals surface area (Å²) in [6, 6.07) is 11.9. The monoisotopic (exact) mass is 328 g/mol. The Kier molecular flexibility index (Phi) is 5.48. The van der Waals surface area contributed by atoms with Crippen molar-refractivity contribution in [3.05, 3.63) is 42.6 Å². The van der Waals surface area contributed by atoms with Crippen LogP contribution in [0.1, 0.15) is 12.8 Å². The van der Waals surface area contributed by atoms with Crippen molar-refractivity contribution >= 4 is 6.03 Å². The van der Waals surface area contributed by atoms with Crippen LogP contribution >= 0.6 is 0 Å². The number of hydrogen-bond donors (Lipinski definition) is 1. The number of nitrogens with one attached hydrogen (secondary N) is 1. The first-order chi connectivity index (χ1) is 11.8. The number of hydrogen-bond acceptors (Lipinski definition) is 3. The molecule has 1 aliphatic rings. The Labute approximate surface area is 142 Å². The second-order valence-electron chi connectivity index (χ2n) is 6.08. The summed E-state index contributed by atoms with van der Waals surface area (Å²) in [5.74, 6) is 0. The average molecular weight is 328 g/mol. The molecular weight excluding hydrogens is 304 g/mol. The minimum Gasteiger partial charge on any atom is -0.382 e. The third kappa shape index (κ3) is 4.14. The molecule has 1 aromatic heterocycles. The molecule has 2 aromatic rings. The van der Waals surface area contributed by atoms with E-state index in [1.165, 1.54) is 0 Å². The van der Waals surface area contributed by atoms with Crippen molar-refractivity contribution in [2.75, 3.05) is 26.8 Å². The van der Waals surface area contributed by atoms with Gasteiger partial charge in [0.25, 0.3) is 0 Å². The first kappa shape index (κ1) is 16.5. The van der Waals surface area contributed by atoms with E-state index < -0.39 is 0 Å². The highest BCUT2D eigenvalue weighted by Crippen LogP contribution is 2.16. The predicted molar refractivity (Wildman–Crippen MR) is 92.7 cm³/mol. The van der Waals surface area contributed by atoms with Crippen molar-refractivity contribution in [2.45, 2.75) is 25.4 Å². The van der Waals surface area contributed by atoms with E-state index in [1.807, 2.05) is 52.2 Å². The van der Waals surface area contributed by atoms with Crippen LogP contribution in [0.25, 0.3) is 11.3 Å². The molecule has 1 atom stereocenters. The Morgan fingerprint density at radius 1 is 1.25 bits per heavy atom. The van der Waals surface area contributed by atoms with Crippen LogP contribution in [0.5, 0.6) is 0 Å². The summed E-state index contributed by atoms with van der Waals surface area (Å²) in [5, 5.41) is 7.66. The number of aromatic nitrogens is 2. The van der Waals surface area contributed by atoms with Gasteiger partial charge in [-0.25, -0.2) is 4.79 Å². The third-order valence-corrected chi connectivity index (χ3v) is 4.21. The number of rotatable bonds is 6. The molecule has 0 radical (unpaired) electrons. The van der Waals surface area contributed by atoms with Gasteiger partial charge < -0.3 is 15.0 Å². The summed E-state index contributed by atoms with van der Waals surface area (Å²) in [6.07, 6.45) is 4.11. The normalized spacial score (nSPS) is 15.5. The van der Waals surface area contributed by atoms with Crippen molar-refractivity contribution in [2.24, 2.45) is 0 Å². The molecule has 1 fully saturated rings. The van der Waals surface area contributed by atoms with Gasteiger partial charge in [-0.3, -0.25) is 4.68 Å². The van der Waals surface area contributed by atoms with E-state index in [0.29, 0.717) is 13.2 Å². The molecule has 128 valence electrons. The van der Waals surface area contributed by atoms with E-state index in [4.69, 9.17) is 4.74 Å². The Morgan fingerprint density at radius 3 is 2.71 bits per heavy atom. The minimum atomic E-state index is -0.105. The molecule has 1 N–H and O–H groups in total. The fraction of sp³-hybridized carbons (Fsp3) is 0.444. The standard InChI is InChI=1S/C18H24N4O2/c1-24-14-16(19-18(23)21-10-5-6-11-21)13-22-12-9-17(20-22)15-7-3-2-4-8-15/h2-4,7-9,12,16H,5-6,10-11,13-14H2,1H3,(H,19,23). The molecular formula is C18H24N4O2. The summed E-state index contributed by atoms with van der Waals surface area (Å²) in [7, 11) is 1.65. The van der Waals surface area contributed by atoms with Gasteiger partial charge in [0.05, 0.1) is 24.9 Å². The number of methoxy groups -OCH3 is 1. The van der Waals surface area contributed by atoms with Crippen LogP contribution in [0, 0.1) is 0 Å².